The summed E-state index contributed by atoms with van der Waals surface area (Å²) in [5.41, 5.74) is 2.08. The van der Waals surface area contributed by atoms with Crippen molar-refractivity contribution >= 4 is 28.9 Å². The van der Waals surface area contributed by atoms with Crippen LogP contribution >= 0.6 is 0 Å². The normalized spacial score (nSPS) is 17.7. The van der Waals surface area contributed by atoms with Crippen molar-refractivity contribution in [3.05, 3.63) is 48.8 Å². The molecule has 3 aromatic rings. The fourth-order valence-corrected chi connectivity index (χ4v) is 2.76. The van der Waals surface area contributed by atoms with Gasteiger partial charge in [-0.15, -0.1) is 0 Å². The fourth-order valence-electron chi connectivity index (χ4n) is 2.76. The lowest BCUT2D eigenvalue weighted by molar-refractivity contribution is 0.0443. The molecule has 1 amide bonds. The van der Waals surface area contributed by atoms with Gasteiger partial charge in [0.2, 0.25) is 0 Å². The fraction of sp³-hybridized carbons (Fsp3) is 0.278. The molecule has 4 rings (SSSR count). The quantitative estimate of drug-likeness (QED) is 0.773. The van der Waals surface area contributed by atoms with Crippen LogP contribution in [0, 0.1) is 0 Å². The van der Waals surface area contributed by atoms with Crippen molar-refractivity contribution in [1.29, 1.82) is 0 Å². The Morgan fingerprint density at radius 2 is 2.19 bits per heavy atom. The van der Waals surface area contributed by atoms with E-state index in [-0.39, 0.29) is 0 Å². The third-order valence-electron chi connectivity index (χ3n) is 3.97. The van der Waals surface area contributed by atoms with Gasteiger partial charge in [0.25, 0.3) is 6.01 Å². The molecule has 0 unspecified atom stereocenters. The van der Waals surface area contributed by atoms with Gasteiger partial charge in [0.15, 0.2) is 5.58 Å². The Balaban J connectivity index is 1.43. The summed E-state index contributed by atoms with van der Waals surface area (Å²) in [6.45, 7) is 1.87. The zero-order valence-corrected chi connectivity index (χ0v) is 14.0. The van der Waals surface area contributed by atoms with Crippen LogP contribution in [-0.4, -0.2) is 48.5 Å². The lowest BCUT2D eigenvalue weighted by atomic mass is 10.3. The molecule has 8 heteroatoms. The second-order valence-electron chi connectivity index (χ2n) is 5.88. The van der Waals surface area contributed by atoms with E-state index >= 15 is 0 Å². The van der Waals surface area contributed by atoms with E-state index in [9.17, 15) is 4.79 Å². The molecule has 0 aliphatic carbocycles. The van der Waals surface area contributed by atoms with E-state index in [1.807, 2.05) is 29.2 Å². The summed E-state index contributed by atoms with van der Waals surface area (Å²) in [5, 5.41) is 2.65. The molecule has 0 spiro atoms. The maximum Gasteiger partial charge on any atom is 0.412 e. The number of ether oxygens (including phenoxy) is 2. The van der Waals surface area contributed by atoms with Gasteiger partial charge < -0.3 is 18.8 Å². The lowest BCUT2D eigenvalue weighted by Crippen LogP contribution is -2.36. The summed E-state index contributed by atoms with van der Waals surface area (Å²) in [6, 6.07) is 11.5. The first-order chi connectivity index (χ1) is 12.8. The molecule has 134 valence electrons. The van der Waals surface area contributed by atoms with E-state index in [0.717, 1.165) is 11.1 Å². The largest absolute Gasteiger partial charge is 0.442 e. The average Bonchev–Trinajstić information content (AvgIpc) is 2.95. The molecule has 8 nitrogen and oxygen atoms in total. The summed E-state index contributed by atoms with van der Waals surface area (Å²) in [4.78, 5) is 22.5. The number of carbonyl (C=O) groups is 1. The molecule has 3 heterocycles. The van der Waals surface area contributed by atoms with Gasteiger partial charge in [0, 0.05) is 12.7 Å². The van der Waals surface area contributed by atoms with Gasteiger partial charge in [0.05, 0.1) is 31.6 Å². The number of carbonyl (C=O) groups excluding carboxylic acids is 1. The van der Waals surface area contributed by atoms with E-state index in [2.05, 4.69) is 15.3 Å². The molecule has 0 radical (unpaired) electrons. The molecule has 26 heavy (non-hydrogen) atoms. The first-order valence-corrected chi connectivity index (χ1v) is 8.34. The number of hydrogen-bond donors (Lipinski definition) is 1. The van der Waals surface area contributed by atoms with Gasteiger partial charge in [-0.3, -0.25) is 10.3 Å². The first kappa shape index (κ1) is 16.3. The van der Waals surface area contributed by atoms with Gasteiger partial charge in [-0.05, 0) is 24.3 Å². The van der Waals surface area contributed by atoms with Gasteiger partial charge in [-0.25, -0.2) is 4.79 Å². The lowest BCUT2D eigenvalue weighted by Gasteiger charge is -2.21. The zero-order valence-electron chi connectivity index (χ0n) is 14.0. The number of anilines is 2. The maximum absolute atomic E-state index is 12.1. The molecule has 2 aromatic heterocycles. The molecule has 0 saturated carbocycles. The standard InChI is InChI=1S/C18H18N4O4/c23-18(20-13-4-3-7-19-10-13)25-14-11-22(8-9-24-12-14)17-21-15-5-1-2-6-16(15)26-17/h1-7,10,14H,8-9,11-12H2,(H,20,23)/t14-/m1/s1. The molecule has 1 fully saturated rings. The van der Waals surface area contributed by atoms with Crippen molar-refractivity contribution in [1.82, 2.24) is 9.97 Å². The Morgan fingerprint density at radius 1 is 1.27 bits per heavy atom. The summed E-state index contributed by atoms with van der Waals surface area (Å²) in [7, 11) is 0. The molecule has 1 atom stereocenters. The topological polar surface area (TPSA) is 89.7 Å². The Kier molecular flexibility index (Phi) is 4.65. The predicted octanol–water partition coefficient (Wildman–Crippen LogP) is 2.68. The summed E-state index contributed by atoms with van der Waals surface area (Å²) in [6.07, 6.45) is 2.19. The first-order valence-electron chi connectivity index (χ1n) is 8.34. The van der Waals surface area contributed by atoms with Crippen LogP contribution in [0.4, 0.5) is 16.5 Å². The monoisotopic (exact) mass is 354 g/mol. The average molecular weight is 354 g/mol. The Hall–Kier alpha value is -3.13. The molecule has 1 aromatic carbocycles. The molecule has 1 saturated heterocycles. The zero-order chi connectivity index (χ0) is 17.8. The van der Waals surface area contributed by atoms with Crippen molar-refractivity contribution in [3.8, 4) is 0 Å². The molecular formula is C18H18N4O4. The van der Waals surface area contributed by atoms with Gasteiger partial charge in [-0.2, -0.15) is 4.98 Å². The maximum atomic E-state index is 12.1. The van der Waals surface area contributed by atoms with Gasteiger partial charge in [0.1, 0.15) is 11.6 Å². The van der Waals surface area contributed by atoms with E-state index in [0.29, 0.717) is 38.0 Å². The number of para-hydroxylation sites is 2. The van der Waals surface area contributed by atoms with E-state index in [1.165, 1.54) is 0 Å². The second-order valence-corrected chi connectivity index (χ2v) is 5.88. The highest BCUT2D eigenvalue weighted by atomic mass is 16.6. The Bertz CT molecular complexity index is 850. The summed E-state index contributed by atoms with van der Waals surface area (Å²) >= 11 is 0. The SMILES string of the molecule is O=C(Nc1cccnc1)O[C@H]1COCCN(c2nc3ccccc3o2)C1. The minimum Gasteiger partial charge on any atom is -0.442 e. The van der Waals surface area contributed by atoms with E-state index in [1.54, 1.807) is 24.5 Å². The summed E-state index contributed by atoms with van der Waals surface area (Å²) < 4.78 is 16.8. The highest BCUT2D eigenvalue weighted by molar-refractivity contribution is 5.84. The number of aromatic nitrogens is 2. The minimum atomic E-state index is -0.550. The van der Waals surface area contributed by atoms with Crippen LogP contribution in [0.1, 0.15) is 0 Å². The Labute approximate surface area is 149 Å². The number of oxazole rings is 1. The van der Waals surface area contributed by atoms with Crippen LogP contribution in [-0.2, 0) is 9.47 Å². The number of nitrogens with one attached hydrogen (secondary N) is 1. The van der Waals surface area contributed by atoms with Crippen molar-refractivity contribution in [2.24, 2.45) is 0 Å². The number of hydrogen-bond acceptors (Lipinski definition) is 7. The molecule has 1 aliphatic rings. The van der Waals surface area contributed by atoms with Crippen molar-refractivity contribution < 1.29 is 18.7 Å². The number of amides is 1. The minimum absolute atomic E-state index is 0.317. The van der Waals surface area contributed by atoms with E-state index < -0.39 is 12.2 Å². The summed E-state index contributed by atoms with van der Waals surface area (Å²) in [5.74, 6) is 0. The molecular weight excluding hydrogens is 336 g/mol. The van der Waals surface area contributed by atoms with Crippen LogP contribution in [0.25, 0.3) is 11.1 Å². The third kappa shape index (κ3) is 3.75. The van der Waals surface area contributed by atoms with Crippen molar-refractivity contribution in [2.75, 3.05) is 36.5 Å². The van der Waals surface area contributed by atoms with Crippen LogP contribution in [0.5, 0.6) is 0 Å². The predicted molar refractivity (Wildman–Crippen MR) is 95.2 cm³/mol. The van der Waals surface area contributed by atoms with Crippen molar-refractivity contribution in [2.45, 2.75) is 6.10 Å². The molecule has 0 bridgehead atoms. The van der Waals surface area contributed by atoms with Gasteiger partial charge >= 0.3 is 6.09 Å². The van der Waals surface area contributed by atoms with Crippen LogP contribution in [0.15, 0.2) is 53.2 Å². The highest BCUT2D eigenvalue weighted by Gasteiger charge is 2.25. The van der Waals surface area contributed by atoms with Crippen molar-refractivity contribution in [3.63, 3.8) is 0 Å². The number of benzene rings is 1. The molecule has 1 N–H and O–H groups in total. The number of rotatable bonds is 3. The third-order valence-corrected chi connectivity index (χ3v) is 3.97. The smallest absolute Gasteiger partial charge is 0.412 e. The van der Waals surface area contributed by atoms with Crippen LogP contribution < -0.4 is 10.2 Å². The van der Waals surface area contributed by atoms with Crippen LogP contribution in [0.3, 0.4) is 0 Å². The number of nitrogens with zero attached hydrogens (tertiary/aromatic N) is 3. The van der Waals surface area contributed by atoms with Gasteiger partial charge in [-0.1, -0.05) is 12.1 Å². The molecule has 1 aliphatic heterocycles. The van der Waals surface area contributed by atoms with E-state index in [4.69, 9.17) is 13.9 Å². The highest BCUT2D eigenvalue weighted by Crippen LogP contribution is 2.22. The Morgan fingerprint density at radius 3 is 3.04 bits per heavy atom. The number of pyridine rings is 1. The number of fused-ring (bicyclic) bond motifs is 1. The second kappa shape index (κ2) is 7.40. The van der Waals surface area contributed by atoms with Crippen LogP contribution in [0.2, 0.25) is 0 Å².